The molecule has 3 atom stereocenters. The maximum absolute atomic E-state index is 12.9. The lowest BCUT2D eigenvalue weighted by atomic mass is 9.80. The smallest absolute Gasteiger partial charge is 0.207 e. The summed E-state index contributed by atoms with van der Waals surface area (Å²) in [5.41, 5.74) is 2.58. The van der Waals surface area contributed by atoms with Crippen LogP contribution in [0.2, 0.25) is 0 Å². The van der Waals surface area contributed by atoms with Gasteiger partial charge in [0.25, 0.3) is 0 Å². The Morgan fingerprint density at radius 3 is 2.57 bits per heavy atom. The second-order valence-electron chi connectivity index (χ2n) is 8.12. The molecule has 0 radical (unpaired) electrons. The summed E-state index contributed by atoms with van der Waals surface area (Å²) >= 11 is 0. The van der Waals surface area contributed by atoms with Crippen LogP contribution in [-0.2, 0) is 27.1 Å². The Hall–Kier alpha value is -2.59. The highest BCUT2D eigenvalue weighted by atomic mass is 16.5. The fourth-order valence-electron chi connectivity index (χ4n) is 4.25. The van der Waals surface area contributed by atoms with Crippen LogP contribution < -0.4 is 4.74 Å². The van der Waals surface area contributed by atoms with Crippen molar-refractivity contribution in [1.82, 2.24) is 0 Å². The molecule has 0 spiro atoms. The molecule has 4 nitrogen and oxygen atoms in total. The molecular formula is C26H30O4. The summed E-state index contributed by atoms with van der Waals surface area (Å²) < 4.78 is 17.8. The van der Waals surface area contributed by atoms with Crippen molar-refractivity contribution < 1.29 is 19.0 Å². The number of Topliss-reactive ketones (excluding diaryl/α,β-unsaturated/α-hetero) is 1. The van der Waals surface area contributed by atoms with Crippen LogP contribution in [0.15, 0.2) is 66.6 Å². The zero-order valence-corrected chi connectivity index (χ0v) is 17.6. The van der Waals surface area contributed by atoms with E-state index >= 15 is 0 Å². The summed E-state index contributed by atoms with van der Waals surface area (Å²) in [5, 5.41) is 0. The highest BCUT2D eigenvalue weighted by Crippen LogP contribution is 2.35. The molecule has 0 bridgehead atoms. The third-order valence-electron chi connectivity index (χ3n) is 6.04. The van der Waals surface area contributed by atoms with Gasteiger partial charge in [0, 0.05) is 13.0 Å². The van der Waals surface area contributed by atoms with Crippen molar-refractivity contribution in [3.05, 3.63) is 77.7 Å². The molecule has 4 rings (SSSR count). The highest BCUT2D eigenvalue weighted by molar-refractivity contribution is 5.96. The number of aryl methyl sites for hydroxylation is 2. The number of ether oxygens (including phenoxy) is 3. The second kappa shape index (κ2) is 9.94. The molecule has 1 aliphatic carbocycles. The molecule has 1 aliphatic heterocycles. The third kappa shape index (κ3) is 5.11. The van der Waals surface area contributed by atoms with Gasteiger partial charge in [0.2, 0.25) is 11.5 Å². The number of benzene rings is 2. The van der Waals surface area contributed by atoms with Crippen LogP contribution in [0.3, 0.4) is 0 Å². The van der Waals surface area contributed by atoms with Gasteiger partial charge >= 0.3 is 0 Å². The number of ketones is 1. The van der Waals surface area contributed by atoms with Crippen LogP contribution in [0.4, 0.5) is 0 Å². The lowest BCUT2D eigenvalue weighted by Gasteiger charge is -2.37. The third-order valence-corrected chi connectivity index (χ3v) is 6.04. The maximum atomic E-state index is 12.9. The van der Waals surface area contributed by atoms with Crippen molar-refractivity contribution in [1.29, 1.82) is 0 Å². The molecule has 0 aromatic heterocycles. The summed E-state index contributed by atoms with van der Waals surface area (Å²) in [6, 6.07) is 18.3. The van der Waals surface area contributed by atoms with Gasteiger partial charge < -0.3 is 14.2 Å². The number of rotatable bonds is 8. The van der Waals surface area contributed by atoms with Crippen LogP contribution >= 0.6 is 0 Å². The topological polar surface area (TPSA) is 44.8 Å². The van der Waals surface area contributed by atoms with E-state index in [9.17, 15) is 4.79 Å². The quantitative estimate of drug-likeness (QED) is 0.561. The van der Waals surface area contributed by atoms with Crippen molar-refractivity contribution in [2.45, 2.75) is 57.7 Å². The van der Waals surface area contributed by atoms with Gasteiger partial charge in [0.05, 0.1) is 12.0 Å². The first-order valence-electron chi connectivity index (χ1n) is 11.0. The molecule has 0 N–H and O–H groups in total. The normalized spacial score (nSPS) is 23.3. The largest absolute Gasteiger partial charge is 0.493 e. The molecule has 158 valence electrons. The van der Waals surface area contributed by atoms with E-state index in [-0.39, 0.29) is 23.9 Å². The molecule has 30 heavy (non-hydrogen) atoms. The van der Waals surface area contributed by atoms with E-state index in [1.54, 1.807) is 0 Å². The van der Waals surface area contributed by atoms with Gasteiger partial charge in [0.1, 0.15) is 18.1 Å². The molecule has 2 aromatic rings. The fraction of sp³-hybridized carbons (Fsp3) is 0.423. The van der Waals surface area contributed by atoms with E-state index in [1.165, 1.54) is 17.4 Å². The number of hydrogen-bond acceptors (Lipinski definition) is 4. The molecule has 2 aromatic carbocycles. The zero-order chi connectivity index (χ0) is 20.8. The predicted molar refractivity (Wildman–Crippen MR) is 116 cm³/mol. The Morgan fingerprint density at radius 2 is 1.80 bits per heavy atom. The fourth-order valence-corrected chi connectivity index (χ4v) is 4.25. The number of carbonyl (C=O) groups is 1. The van der Waals surface area contributed by atoms with Crippen LogP contribution in [0.25, 0.3) is 0 Å². The van der Waals surface area contributed by atoms with E-state index in [2.05, 4.69) is 31.2 Å². The van der Waals surface area contributed by atoms with Gasteiger partial charge in [-0.25, -0.2) is 0 Å². The first-order chi connectivity index (χ1) is 14.7. The Kier molecular flexibility index (Phi) is 6.85. The van der Waals surface area contributed by atoms with Crippen molar-refractivity contribution in [2.24, 2.45) is 5.92 Å². The lowest BCUT2D eigenvalue weighted by molar-refractivity contribution is -0.133. The van der Waals surface area contributed by atoms with Crippen LogP contribution in [-0.4, -0.2) is 24.6 Å². The van der Waals surface area contributed by atoms with Gasteiger partial charge in [-0.1, -0.05) is 49.4 Å². The SMILES string of the molecule is CCc1ccc(OC2=COC3CC(OCCCc4ccccc4)CCC3C2=O)cc1. The highest BCUT2D eigenvalue weighted by Gasteiger charge is 2.41. The van der Waals surface area contributed by atoms with Gasteiger partial charge in [0.15, 0.2) is 0 Å². The Labute approximate surface area is 178 Å². The number of hydrogen-bond donors (Lipinski definition) is 0. The Balaban J connectivity index is 1.25. The Bertz CT molecular complexity index is 856. The van der Waals surface area contributed by atoms with Crippen molar-refractivity contribution in [3.8, 4) is 5.75 Å². The number of allylic oxidation sites excluding steroid dienone is 1. The minimum Gasteiger partial charge on any atom is -0.493 e. The predicted octanol–water partition coefficient (Wildman–Crippen LogP) is 5.26. The van der Waals surface area contributed by atoms with Crippen molar-refractivity contribution in [3.63, 3.8) is 0 Å². The van der Waals surface area contributed by atoms with Crippen molar-refractivity contribution in [2.75, 3.05) is 6.61 Å². The minimum atomic E-state index is -0.135. The van der Waals surface area contributed by atoms with Gasteiger partial charge in [-0.3, -0.25) is 4.79 Å². The van der Waals surface area contributed by atoms with Gasteiger partial charge in [-0.15, -0.1) is 0 Å². The molecule has 4 heteroatoms. The molecule has 1 saturated carbocycles. The molecule has 1 fully saturated rings. The van der Waals surface area contributed by atoms with Gasteiger partial charge in [-0.2, -0.15) is 0 Å². The van der Waals surface area contributed by atoms with E-state index in [4.69, 9.17) is 14.2 Å². The number of carbonyl (C=O) groups excluding carboxylic acids is 1. The average Bonchev–Trinajstić information content (AvgIpc) is 2.80. The molecule has 2 aliphatic rings. The summed E-state index contributed by atoms with van der Waals surface area (Å²) in [5.74, 6) is 0.893. The number of fused-ring (bicyclic) bond motifs is 1. The van der Waals surface area contributed by atoms with E-state index in [0.717, 1.165) is 45.1 Å². The average molecular weight is 407 g/mol. The zero-order valence-electron chi connectivity index (χ0n) is 17.6. The van der Waals surface area contributed by atoms with E-state index < -0.39 is 0 Å². The lowest BCUT2D eigenvalue weighted by Crippen LogP contribution is -2.42. The maximum Gasteiger partial charge on any atom is 0.207 e. The summed E-state index contributed by atoms with van der Waals surface area (Å²) in [7, 11) is 0. The molecule has 0 saturated heterocycles. The molecule has 3 unspecified atom stereocenters. The van der Waals surface area contributed by atoms with E-state index in [1.807, 2.05) is 30.3 Å². The molecule has 0 amide bonds. The van der Waals surface area contributed by atoms with Crippen LogP contribution in [0.1, 0.15) is 43.7 Å². The molecule has 1 heterocycles. The molecular weight excluding hydrogens is 376 g/mol. The minimum absolute atomic E-state index is 0.0494. The standard InChI is InChI=1S/C26H30O4/c1-2-19-10-12-21(13-11-19)30-25-18-29-24-17-22(14-15-23(24)26(25)27)28-16-6-9-20-7-4-3-5-8-20/h3-5,7-8,10-13,18,22-24H,2,6,9,14-17H2,1H3. The summed E-state index contributed by atoms with van der Waals surface area (Å²) in [4.78, 5) is 12.9. The summed E-state index contributed by atoms with van der Waals surface area (Å²) in [6.07, 6.45) is 6.98. The second-order valence-corrected chi connectivity index (χ2v) is 8.12. The van der Waals surface area contributed by atoms with Crippen LogP contribution in [0.5, 0.6) is 5.75 Å². The van der Waals surface area contributed by atoms with Crippen LogP contribution in [0, 0.1) is 5.92 Å². The van der Waals surface area contributed by atoms with E-state index in [0.29, 0.717) is 11.5 Å². The Morgan fingerprint density at radius 1 is 1.00 bits per heavy atom. The van der Waals surface area contributed by atoms with Gasteiger partial charge in [-0.05, 0) is 55.4 Å². The first-order valence-corrected chi connectivity index (χ1v) is 11.0. The summed E-state index contributed by atoms with van der Waals surface area (Å²) in [6.45, 7) is 2.85. The first kappa shape index (κ1) is 20.7. The monoisotopic (exact) mass is 406 g/mol. The van der Waals surface area contributed by atoms with Crippen molar-refractivity contribution >= 4 is 5.78 Å².